The molecule has 0 heterocycles. The van der Waals surface area contributed by atoms with Gasteiger partial charge in [0, 0.05) is 6.42 Å². The molecule has 0 atom stereocenters. The lowest BCUT2D eigenvalue weighted by Gasteiger charge is -2.07. The van der Waals surface area contributed by atoms with Crippen LogP contribution in [0.5, 0.6) is 5.75 Å². The van der Waals surface area contributed by atoms with Gasteiger partial charge in [-0.05, 0) is 31.0 Å². The Morgan fingerprint density at radius 2 is 2.27 bits per heavy atom. The number of carboxylic acid groups (broad SMARTS) is 1. The Labute approximate surface area is 93.6 Å². The van der Waals surface area contributed by atoms with E-state index in [1.165, 1.54) is 0 Å². The fraction of sp³-hybridized carbons (Fsp3) is 0.273. The first-order chi connectivity index (χ1) is 7.09. The van der Waals surface area contributed by atoms with Crippen molar-refractivity contribution in [1.29, 1.82) is 0 Å². The highest BCUT2D eigenvalue weighted by molar-refractivity contribution is 6.32. The summed E-state index contributed by atoms with van der Waals surface area (Å²) in [6, 6.07) is 4.93. The zero-order chi connectivity index (χ0) is 11.3. The number of hydrogen-bond acceptors (Lipinski definition) is 2. The van der Waals surface area contributed by atoms with E-state index in [0.29, 0.717) is 29.4 Å². The van der Waals surface area contributed by atoms with Crippen LogP contribution in [-0.2, 0) is 4.79 Å². The quantitative estimate of drug-likeness (QED) is 0.786. The summed E-state index contributed by atoms with van der Waals surface area (Å²) < 4.78 is 5.29. The van der Waals surface area contributed by atoms with E-state index >= 15 is 0 Å². The van der Waals surface area contributed by atoms with Gasteiger partial charge in [0.05, 0.1) is 11.6 Å². The topological polar surface area (TPSA) is 46.5 Å². The minimum absolute atomic E-state index is 0.0833. The molecule has 0 aromatic heterocycles. The number of ether oxygens (including phenoxy) is 1. The third-order valence-corrected chi connectivity index (χ3v) is 2.06. The van der Waals surface area contributed by atoms with E-state index in [2.05, 4.69) is 0 Å². The number of aliphatic carboxylic acids is 1. The van der Waals surface area contributed by atoms with Crippen molar-refractivity contribution in [2.45, 2.75) is 12.8 Å². The lowest BCUT2D eigenvalue weighted by atomic mass is 10.2. The molecule has 1 aromatic carbocycles. The van der Waals surface area contributed by atoms with Crippen molar-refractivity contribution in [3.05, 3.63) is 35.7 Å². The van der Waals surface area contributed by atoms with Crippen LogP contribution in [0.2, 0.25) is 5.02 Å². The highest BCUT2D eigenvalue weighted by atomic mass is 35.5. The van der Waals surface area contributed by atoms with Crippen molar-refractivity contribution in [3.8, 4) is 5.75 Å². The van der Waals surface area contributed by atoms with Crippen molar-refractivity contribution >= 4 is 17.6 Å². The molecule has 0 saturated heterocycles. The second kappa shape index (κ2) is 5.61. The summed E-state index contributed by atoms with van der Waals surface area (Å²) in [7, 11) is 0. The van der Waals surface area contributed by atoms with Crippen LogP contribution in [0.1, 0.15) is 18.4 Å². The van der Waals surface area contributed by atoms with E-state index in [1.54, 1.807) is 18.2 Å². The molecule has 0 unspecified atom stereocenters. The highest BCUT2D eigenvalue weighted by Gasteiger charge is 2.02. The van der Waals surface area contributed by atoms with Crippen molar-refractivity contribution in [1.82, 2.24) is 0 Å². The van der Waals surface area contributed by atoms with Crippen molar-refractivity contribution in [3.63, 3.8) is 0 Å². The monoisotopic (exact) mass is 226 g/mol. The molecule has 0 amide bonds. The van der Waals surface area contributed by atoms with E-state index in [-0.39, 0.29) is 6.42 Å². The SMILES string of the molecule is [CH]c1ccc(Cl)c(OCCCC(=O)O)c1. The molecule has 0 bridgehead atoms. The van der Waals surface area contributed by atoms with Crippen LogP contribution in [0, 0.1) is 6.92 Å². The van der Waals surface area contributed by atoms with Gasteiger partial charge in [0.2, 0.25) is 0 Å². The molecule has 80 valence electrons. The number of hydrogen-bond donors (Lipinski definition) is 1. The fourth-order valence-corrected chi connectivity index (χ4v) is 1.21. The number of halogens is 1. The van der Waals surface area contributed by atoms with E-state index in [9.17, 15) is 4.79 Å². The summed E-state index contributed by atoms with van der Waals surface area (Å²) in [6.45, 7) is 5.86. The van der Waals surface area contributed by atoms with Crippen molar-refractivity contribution in [2.75, 3.05) is 6.61 Å². The fourth-order valence-electron chi connectivity index (χ4n) is 1.04. The Kier molecular flexibility index (Phi) is 4.43. The van der Waals surface area contributed by atoms with Gasteiger partial charge in [-0.3, -0.25) is 4.79 Å². The summed E-state index contributed by atoms with van der Waals surface area (Å²) in [5.74, 6) is -0.348. The van der Waals surface area contributed by atoms with Gasteiger partial charge >= 0.3 is 5.97 Å². The minimum atomic E-state index is -0.836. The molecule has 2 radical (unpaired) electrons. The van der Waals surface area contributed by atoms with E-state index < -0.39 is 5.97 Å². The Hall–Kier alpha value is -1.22. The molecule has 3 nitrogen and oxygen atoms in total. The molecule has 1 aromatic rings. The molecule has 0 saturated carbocycles. The molecule has 0 aliphatic heterocycles. The third-order valence-electron chi connectivity index (χ3n) is 1.75. The lowest BCUT2D eigenvalue weighted by Crippen LogP contribution is -2.02. The maximum Gasteiger partial charge on any atom is 0.303 e. The number of benzene rings is 1. The van der Waals surface area contributed by atoms with Gasteiger partial charge in [-0.2, -0.15) is 0 Å². The Bertz CT molecular complexity index is 350. The summed E-state index contributed by atoms with van der Waals surface area (Å²) in [4.78, 5) is 10.2. The molecule has 0 aliphatic rings. The van der Waals surface area contributed by atoms with E-state index in [4.69, 9.17) is 28.4 Å². The normalized spacial score (nSPS) is 10.0. The van der Waals surface area contributed by atoms with Crippen LogP contribution in [0.3, 0.4) is 0 Å². The molecule has 15 heavy (non-hydrogen) atoms. The summed E-state index contributed by atoms with van der Waals surface area (Å²) in [5.41, 5.74) is 0.563. The van der Waals surface area contributed by atoms with E-state index in [1.807, 2.05) is 0 Å². The smallest absolute Gasteiger partial charge is 0.303 e. The minimum Gasteiger partial charge on any atom is -0.492 e. The molecule has 1 N–H and O–H groups in total. The molecule has 1 rings (SSSR count). The maximum absolute atomic E-state index is 10.2. The van der Waals surface area contributed by atoms with Gasteiger partial charge in [-0.15, -0.1) is 0 Å². The van der Waals surface area contributed by atoms with Gasteiger partial charge in [0.15, 0.2) is 0 Å². The molecule has 0 fully saturated rings. The van der Waals surface area contributed by atoms with Gasteiger partial charge in [-0.1, -0.05) is 17.7 Å². The summed E-state index contributed by atoms with van der Waals surface area (Å²) in [6.07, 6.45) is 0.528. The van der Waals surface area contributed by atoms with Crippen molar-refractivity contribution in [2.24, 2.45) is 0 Å². The van der Waals surface area contributed by atoms with Gasteiger partial charge in [-0.25, -0.2) is 0 Å². The Balaban J connectivity index is 2.43. The second-order valence-corrected chi connectivity index (χ2v) is 3.44. The number of carboxylic acids is 1. The average molecular weight is 227 g/mol. The Morgan fingerprint density at radius 1 is 1.53 bits per heavy atom. The summed E-state index contributed by atoms with van der Waals surface area (Å²) >= 11 is 5.84. The second-order valence-electron chi connectivity index (χ2n) is 3.04. The zero-order valence-electron chi connectivity index (χ0n) is 8.07. The standard InChI is InChI=1S/C11H11ClO3/c1-8-4-5-9(12)10(7-8)15-6-2-3-11(13)14/h1,4-5,7H,2-3,6H2,(H,13,14). The number of rotatable bonds is 5. The van der Waals surface area contributed by atoms with Gasteiger partial charge in [0.25, 0.3) is 0 Å². The highest BCUT2D eigenvalue weighted by Crippen LogP contribution is 2.25. The van der Waals surface area contributed by atoms with Crippen LogP contribution in [0.4, 0.5) is 0 Å². The first kappa shape index (κ1) is 11.9. The van der Waals surface area contributed by atoms with Crippen LogP contribution in [-0.4, -0.2) is 17.7 Å². The van der Waals surface area contributed by atoms with Crippen LogP contribution < -0.4 is 4.74 Å². The summed E-state index contributed by atoms with van der Waals surface area (Å²) in [5, 5.41) is 8.88. The first-order valence-electron chi connectivity index (χ1n) is 4.49. The van der Waals surface area contributed by atoms with Crippen molar-refractivity contribution < 1.29 is 14.6 Å². The predicted octanol–water partition coefficient (Wildman–Crippen LogP) is 2.64. The molecular weight excluding hydrogens is 216 g/mol. The largest absolute Gasteiger partial charge is 0.492 e. The van der Waals surface area contributed by atoms with E-state index in [0.717, 1.165) is 0 Å². The lowest BCUT2D eigenvalue weighted by molar-refractivity contribution is -0.137. The predicted molar refractivity (Wildman–Crippen MR) is 57.2 cm³/mol. The first-order valence-corrected chi connectivity index (χ1v) is 4.87. The van der Waals surface area contributed by atoms with Crippen LogP contribution in [0.25, 0.3) is 0 Å². The zero-order valence-corrected chi connectivity index (χ0v) is 8.83. The number of carbonyl (C=O) groups is 1. The van der Waals surface area contributed by atoms with Crippen LogP contribution >= 0.6 is 11.6 Å². The van der Waals surface area contributed by atoms with Gasteiger partial charge < -0.3 is 9.84 Å². The molecular formula is C11H11ClO3. The molecule has 4 heteroatoms. The van der Waals surface area contributed by atoms with Crippen LogP contribution in [0.15, 0.2) is 18.2 Å². The Morgan fingerprint density at radius 3 is 2.93 bits per heavy atom. The average Bonchev–Trinajstić information content (AvgIpc) is 2.17. The maximum atomic E-state index is 10.2. The molecule has 0 spiro atoms. The third kappa shape index (κ3) is 4.21. The van der Waals surface area contributed by atoms with Gasteiger partial charge in [0.1, 0.15) is 5.75 Å². The molecule has 0 aliphatic carbocycles.